The number of benzene rings is 1. The Hall–Kier alpha value is -4.26. The van der Waals surface area contributed by atoms with E-state index in [1.165, 1.54) is 25.6 Å². The molecule has 13 heteroatoms. The van der Waals surface area contributed by atoms with E-state index in [0.29, 0.717) is 54.0 Å². The zero-order valence-electron chi connectivity index (χ0n) is 21.8. The van der Waals surface area contributed by atoms with E-state index in [1.807, 2.05) is 30.3 Å². The lowest BCUT2D eigenvalue weighted by atomic mass is 9.96. The van der Waals surface area contributed by atoms with Crippen LogP contribution in [0, 0.1) is 0 Å². The Morgan fingerprint density at radius 3 is 2.59 bits per heavy atom. The van der Waals surface area contributed by atoms with Crippen LogP contribution in [0.15, 0.2) is 49.1 Å². The molecule has 6 rings (SSSR count). The molecule has 2 aliphatic rings. The molecule has 3 aromatic heterocycles. The number of amides is 2. The van der Waals surface area contributed by atoms with Crippen molar-refractivity contribution in [3.05, 3.63) is 49.1 Å². The summed E-state index contributed by atoms with van der Waals surface area (Å²) in [6.45, 7) is 5.77. The Morgan fingerprint density at radius 2 is 1.87 bits per heavy atom. The van der Waals surface area contributed by atoms with Crippen molar-refractivity contribution in [3.8, 4) is 22.4 Å². The minimum Gasteiger partial charge on any atom is -0.382 e. The number of carbonyl (C=O) groups is 2. The van der Waals surface area contributed by atoms with E-state index >= 15 is 0 Å². The number of nitrogens with two attached hydrogens (primary N) is 1. The fourth-order valence-electron chi connectivity index (χ4n) is 5.25. The molecule has 0 spiro atoms. The van der Waals surface area contributed by atoms with Crippen molar-refractivity contribution in [1.82, 2.24) is 28.7 Å². The molecule has 202 valence electrons. The maximum Gasteiger partial charge on any atom is 0.256 e. The van der Waals surface area contributed by atoms with Gasteiger partial charge in [-0.3, -0.25) is 9.59 Å². The van der Waals surface area contributed by atoms with Crippen LogP contribution in [0.5, 0.6) is 0 Å². The average Bonchev–Trinajstić information content (AvgIpc) is 3.51. The van der Waals surface area contributed by atoms with Gasteiger partial charge in [0.2, 0.25) is 5.91 Å². The highest BCUT2D eigenvalue weighted by atomic mass is 32.2. The highest BCUT2D eigenvalue weighted by Gasteiger charge is 2.43. The SMILES string of the molecule is CC(=O)N1CCN(c2cccc(-c3cc(-c4cnn(S(=O)(=O)C5CC5)c4)c4c(N)ncnn34)c2)C(=O)C1(C)C. The maximum absolute atomic E-state index is 13.4. The number of nitrogens with zero attached hydrogens (tertiary/aromatic N) is 7. The molecule has 1 aliphatic carbocycles. The number of hydrogen-bond donors (Lipinski definition) is 1. The lowest BCUT2D eigenvalue weighted by molar-refractivity contribution is -0.145. The van der Waals surface area contributed by atoms with Crippen LogP contribution < -0.4 is 10.6 Å². The van der Waals surface area contributed by atoms with Gasteiger partial charge in [-0.25, -0.2) is 17.9 Å². The summed E-state index contributed by atoms with van der Waals surface area (Å²) in [6.07, 6.45) is 5.62. The molecule has 0 unspecified atom stereocenters. The van der Waals surface area contributed by atoms with Gasteiger partial charge in [0.1, 0.15) is 17.4 Å². The predicted octanol–water partition coefficient (Wildman–Crippen LogP) is 2.16. The van der Waals surface area contributed by atoms with Crippen LogP contribution in [0.3, 0.4) is 0 Å². The van der Waals surface area contributed by atoms with Gasteiger partial charge in [-0.1, -0.05) is 12.1 Å². The molecular weight excluding hydrogens is 520 g/mol. The second-order valence-corrected chi connectivity index (χ2v) is 12.5. The van der Waals surface area contributed by atoms with E-state index in [1.54, 1.807) is 28.2 Å². The van der Waals surface area contributed by atoms with Gasteiger partial charge in [0.25, 0.3) is 15.9 Å². The van der Waals surface area contributed by atoms with Gasteiger partial charge in [-0.2, -0.15) is 14.3 Å². The molecule has 2 fully saturated rings. The minimum atomic E-state index is -3.53. The molecule has 1 aromatic carbocycles. The molecule has 4 aromatic rings. The third-order valence-electron chi connectivity index (χ3n) is 7.48. The van der Waals surface area contributed by atoms with Crippen LogP contribution in [0.1, 0.15) is 33.6 Å². The Bertz CT molecular complexity index is 1750. The van der Waals surface area contributed by atoms with E-state index in [0.717, 1.165) is 9.65 Å². The topological polar surface area (TPSA) is 149 Å². The summed E-state index contributed by atoms with van der Waals surface area (Å²) in [4.78, 5) is 32.9. The zero-order valence-corrected chi connectivity index (χ0v) is 22.6. The maximum atomic E-state index is 13.4. The molecule has 12 nitrogen and oxygen atoms in total. The summed E-state index contributed by atoms with van der Waals surface area (Å²) in [6, 6.07) is 9.36. The molecule has 39 heavy (non-hydrogen) atoms. The monoisotopic (exact) mass is 548 g/mol. The van der Waals surface area contributed by atoms with E-state index in [9.17, 15) is 18.0 Å². The minimum absolute atomic E-state index is 0.139. The highest BCUT2D eigenvalue weighted by Crippen LogP contribution is 2.37. The fourth-order valence-corrected chi connectivity index (χ4v) is 6.73. The molecule has 0 atom stereocenters. The molecule has 4 heterocycles. The summed E-state index contributed by atoms with van der Waals surface area (Å²) >= 11 is 0. The molecule has 1 aliphatic heterocycles. The number of hydrogen-bond acceptors (Lipinski definition) is 8. The molecule has 2 amide bonds. The summed E-state index contributed by atoms with van der Waals surface area (Å²) in [5, 5.41) is 8.15. The Morgan fingerprint density at radius 1 is 1.10 bits per heavy atom. The van der Waals surface area contributed by atoms with Crippen molar-refractivity contribution >= 4 is 38.9 Å². The van der Waals surface area contributed by atoms with Crippen molar-refractivity contribution < 1.29 is 18.0 Å². The van der Waals surface area contributed by atoms with Crippen LogP contribution in [-0.2, 0) is 19.6 Å². The number of anilines is 2. The Labute approximate surface area is 225 Å². The normalized spacial score (nSPS) is 17.7. The molecule has 0 bridgehead atoms. The standard InChI is InChI=1S/C26H28N8O4S/c1-16(35)32-10-9-31(25(36)26(32,2)3)19-6-4-5-17(11-19)22-12-21(23-24(27)28-15-30-34(22)23)18-13-29-33(14-18)39(37,38)20-7-8-20/h4-6,11-15,20H,7-10H2,1-3H3,(H2,27,28,30). The quantitative estimate of drug-likeness (QED) is 0.399. The first-order valence-corrected chi connectivity index (χ1v) is 14.1. The van der Waals surface area contributed by atoms with Crippen LogP contribution in [-0.4, -0.2) is 72.8 Å². The highest BCUT2D eigenvalue weighted by molar-refractivity contribution is 7.90. The largest absolute Gasteiger partial charge is 0.382 e. The molecule has 1 saturated heterocycles. The van der Waals surface area contributed by atoms with E-state index in [4.69, 9.17) is 5.73 Å². The summed E-state index contributed by atoms with van der Waals surface area (Å²) < 4.78 is 28.1. The van der Waals surface area contributed by atoms with Crippen molar-refractivity contribution in [2.45, 2.75) is 44.4 Å². The van der Waals surface area contributed by atoms with Gasteiger partial charge in [-0.15, -0.1) is 0 Å². The average molecular weight is 549 g/mol. The van der Waals surface area contributed by atoms with Crippen LogP contribution >= 0.6 is 0 Å². The predicted molar refractivity (Wildman–Crippen MR) is 145 cm³/mol. The van der Waals surface area contributed by atoms with Gasteiger partial charge < -0.3 is 15.5 Å². The van der Waals surface area contributed by atoms with Crippen LogP contribution in [0.25, 0.3) is 27.9 Å². The van der Waals surface area contributed by atoms with Gasteiger partial charge in [-0.05, 0) is 44.9 Å². The van der Waals surface area contributed by atoms with Crippen molar-refractivity contribution in [2.75, 3.05) is 23.7 Å². The second-order valence-electron chi connectivity index (χ2n) is 10.4. The summed E-state index contributed by atoms with van der Waals surface area (Å²) in [5.41, 5.74) is 9.16. The van der Waals surface area contributed by atoms with E-state index < -0.39 is 20.8 Å². The fraction of sp³-hybridized carbons (Fsp3) is 0.346. The molecular formula is C26H28N8O4S. The van der Waals surface area contributed by atoms with Crippen molar-refractivity contribution in [2.24, 2.45) is 0 Å². The van der Waals surface area contributed by atoms with Gasteiger partial charge >= 0.3 is 0 Å². The van der Waals surface area contributed by atoms with E-state index in [-0.39, 0.29) is 17.6 Å². The number of fused-ring (bicyclic) bond motifs is 1. The van der Waals surface area contributed by atoms with Gasteiger partial charge in [0, 0.05) is 42.4 Å². The van der Waals surface area contributed by atoms with E-state index in [2.05, 4.69) is 15.2 Å². The molecule has 2 N–H and O–H groups in total. The zero-order chi connectivity index (χ0) is 27.7. The lowest BCUT2D eigenvalue weighted by Crippen LogP contribution is -2.64. The number of aromatic nitrogens is 5. The third kappa shape index (κ3) is 3.95. The smallest absolute Gasteiger partial charge is 0.256 e. The van der Waals surface area contributed by atoms with Crippen LogP contribution in [0.2, 0.25) is 0 Å². The number of nitrogen functional groups attached to an aromatic ring is 1. The first-order chi connectivity index (χ1) is 18.5. The first-order valence-electron chi connectivity index (χ1n) is 12.6. The summed E-state index contributed by atoms with van der Waals surface area (Å²) in [5.74, 6) is -0.0744. The molecule has 1 saturated carbocycles. The number of rotatable bonds is 5. The van der Waals surface area contributed by atoms with Gasteiger partial charge in [0.15, 0.2) is 5.82 Å². The molecule has 0 radical (unpaired) electrons. The Balaban J connectivity index is 1.42. The van der Waals surface area contributed by atoms with Crippen molar-refractivity contribution in [1.29, 1.82) is 0 Å². The third-order valence-corrected chi connectivity index (χ3v) is 9.52. The number of piperazine rings is 1. The van der Waals surface area contributed by atoms with Crippen molar-refractivity contribution in [3.63, 3.8) is 0 Å². The second kappa shape index (κ2) is 8.63. The lowest BCUT2D eigenvalue weighted by Gasteiger charge is -2.45. The first kappa shape index (κ1) is 25.0. The number of carbonyl (C=O) groups excluding carboxylic acids is 2. The van der Waals surface area contributed by atoms with Crippen LogP contribution in [0.4, 0.5) is 11.5 Å². The Kier molecular flexibility index (Phi) is 5.54. The summed E-state index contributed by atoms with van der Waals surface area (Å²) in [7, 11) is -3.53. The van der Waals surface area contributed by atoms with Gasteiger partial charge in [0.05, 0.1) is 23.3 Å².